The van der Waals surface area contributed by atoms with E-state index in [0.29, 0.717) is 37.7 Å². The summed E-state index contributed by atoms with van der Waals surface area (Å²) in [6.07, 6.45) is -1.92. The molecule has 0 amide bonds. The van der Waals surface area contributed by atoms with Crippen LogP contribution >= 0.6 is 0 Å². The lowest BCUT2D eigenvalue weighted by Crippen LogP contribution is -2.59. The lowest BCUT2D eigenvalue weighted by molar-refractivity contribution is -0.337. The van der Waals surface area contributed by atoms with Gasteiger partial charge in [-0.1, -0.05) is 38.5 Å². The molecule has 4 heterocycles. The molecule has 4 rings (SSSR count). The largest absolute Gasteiger partial charge is 0.459 e. The molecular weight excluding hydrogens is 572 g/mol. The zero-order chi connectivity index (χ0) is 32.3. The van der Waals surface area contributed by atoms with Crippen LogP contribution in [-0.4, -0.2) is 104 Å². The molecule has 5 N–H and O–H groups in total. The van der Waals surface area contributed by atoms with Gasteiger partial charge in [-0.15, -0.1) is 0 Å². The van der Waals surface area contributed by atoms with Gasteiger partial charge >= 0.3 is 5.97 Å². The quantitative estimate of drug-likeness (QED) is 0.177. The molecular formula is C33H52O11. The summed E-state index contributed by atoms with van der Waals surface area (Å²) < 4.78 is 23.8. The number of unbranched alkanes of at least 4 members (excludes halogenated alkanes) is 1. The lowest BCUT2D eigenvalue weighted by atomic mass is 9.88. The van der Waals surface area contributed by atoms with Crippen molar-refractivity contribution in [1.29, 1.82) is 0 Å². The monoisotopic (exact) mass is 624 g/mol. The van der Waals surface area contributed by atoms with Crippen molar-refractivity contribution in [3.8, 4) is 0 Å². The van der Waals surface area contributed by atoms with E-state index in [1.54, 1.807) is 26.8 Å². The highest BCUT2D eigenvalue weighted by Gasteiger charge is 2.52. The highest BCUT2D eigenvalue weighted by Crippen LogP contribution is 2.39. The highest BCUT2D eigenvalue weighted by atomic mass is 16.7. The van der Waals surface area contributed by atoms with Crippen molar-refractivity contribution in [1.82, 2.24) is 0 Å². The maximum atomic E-state index is 13.2. The SMILES string of the molecule is C=C1C(O)CC(=O)C(C)/C=C(\C)CC(O)C2(O)OC(CCC2O)CC2CCC(O2)C(CCCC)OC(=O)C(C)C(O)C2OC12. The van der Waals surface area contributed by atoms with E-state index in [1.807, 2.05) is 6.92 Å². The van der Waals surface area contributed by atoms with Crippen LogP contribution in [0.3, 0.4) is 0 Å². The van der Waals surface area contributed by atoms with Crippen molar-refractivity contribution in [2.24, 2.45) is 11.8 Å². The second kappa shape index (κ2) is 14.8. The topological polar surface area (TPSA) is 176 Å². The van der Waals surface area contributed by atoms with Crippen molar-refractivity contribution < 1.29 is 54.1 Å². The van der Waals surface area contributed by atoms with Crippen LogP contribution in [0.1, 0.15) is 91.9 Å². The molecule has 44 heavy (non-hydrogen) atoms. The zero-order valence-electron chi connectivity index (χ0n) is 26.5. The summed E-state index contributed by atoms with van der Waals surface area (Å²) in [5.74, 6) is -4.56. The summed E-state index contributed by atoms with van der Waals surface area (Å²) in [5.41, 5.74) is 0.861. The van der Waals surface area contributed by atoms with Gasteiger partial charge in [-0.2, -0.15) is 0 Å². The number of ketones is 1. The van der Waals surface area contributed by atoms with Crippen LogP contribution in [0.4, 0.5) is 0 Å². The Morgan fingerprint density at radius 2 is 1.68 bits per heavy atom. The number of epoxide rings is 1. The molecule has 4 aliphatic rings. The third kappa shape index (κ3) is 8.17. The smallest absolute Gasteiger partial charge is 0.311 e. The molecule has 11 nitrogen and oxygen atoms in total. The number of Topliss-reactive ketones (excluding diaryl/α,β-unsaturated/α-hetero) is 1. The van der Waals surface area contributed by atoms with Crippen LogP contribution in [0.5, 0.6) is 0 Å². The maximum Gasteiger partial charge on any atom is 0.311 e. The van der Waals surface area contributed by atoms with Gasteiger partial charge in [0, 0.05) is 12.3 Å². The average molecular weight is 625 g/mol. The van der Waals surface area contributed by atoms with E-state index in [9.17, 15) is 35.1 Å². The fraction of sp³-hybridized carbons (Fsp3) is 0.818. The van der Waals surface area contributed by atoms with Gasteiger partial charge in [-0.05, 0) is 70.8 Å². The van der Waals surface area contributed by atoms with Crippen LogP contribution in [0.15, 0.2) is 23.8 Å². The third-order valence-electron chi connectivity index (χ3n) is 9.75. The minimum absolute atomic E-state index is 0.0344. The van der Waals surface area contributed by atoms with E-state index in [0.717, 1.165) is 12.8 Å². The van der Waals surface area contributed by atoms with Crippen molar-refractivity contribution in [2.75, 3.05) is 0 Å². The second-order valence-corrected chi connectivity index (χ2v) is 13.4. The Bertz CT molecular complexity index is 1060. The second-order valence-electron chi connectivity index (χ2n) is 13.4. The van der Waals surface area contributed by atoms with Gasteiger partial charge < -0.3 is 44.5 Å². The number of allylic oxidation sites excluding steroid dienone is 1. The predicted octanol–water partition coefficient (Wildman–Crippen LogP) is 2.24. The lowest BCUT2D eigenvalue weighted by Gasteiger charge is -2.44. The third-order valence-corrected chi connectivity index (χ3v) is 9.75. The molecule has 4 aliphatic heterocycles. The fourth-order valence-electron chi connectivity index (χ4n) is 6.72. The highest BCUT2D eigenvalue weighted by molar-refractivity contribution is 5.83. The Morgan fingerprint density at radius 3 is 2.39 bits per heavy atom. The number of esters is 1. The first-order valence-corrected chi connectivity index (χ1v) is 16.3. The first-order valence-electron chi connectivity index (χ1n) is 16.3. The van der Waals surface area contributed by atoms with Gasteiger partial charge in [0.1, 0.15) is 36.3 Å². The Balaban J connectivity index is 1.55. The number of aliphatic hydroxyl groups is 5. The van der Waals surface area contributed by atoms with Crippen LogP contribution in [0.25, 0.3) is 0 Å². The summed E-state index contributed by atoms with van der Waals surface area (Å²) in [7, 11) is 0. The van der Waals surface area contributed by atoms with E-state index in [4.69, 9.17) is 18.9 Å². The summed E-state index contributed by atoms with van der Waals surface area (Å²) in [5, 5.41) is 54.7. The molecule has 250 valence electrons. The van der Waals surface area contributed by atoms with E-state index in [2.05, 4.69) is 6.58 Å². The maximum absolute atomic E-state index is 13.2. The first-order chi connectivity index (χ1) is 20.7. The van der Waals surface area contributed by atoms with Crippen molar-refractivity contribution in [3.05, 3.63) is 23.8 Å². The number of hydrogen-bond acceptors (Lipinski definition) is 11. The molecule has 0 aromatic rings. The van der Waals surface area contributed by atoms with Gasteiger partial charge in [0.25, 0.3) is 0 Å². The minimum Gasteiger partial charge on any atom is -0.459 e. The molecule has 0 aliphatic carbocycles. The Kier molecular flexibility index (Phi) is 11.8. The summed E-state index contributed by atoms with van der Waals surface area (Å²) in [4.78, 5) is 26.1. The first kappa shape index (κ1) is 35.2. The fourth-order valence-corrected chi connectivity index (χ4v) is 6.72. The minimum atomic E-state index is -2.19. The molecule has 4 bridgehead atoms. The molecule has 13 unspecified atom stereocenters. The Morgan fingerprint density at radius 1 is 0.977 bits per heavy atom. The average Bonchev–Trinajstić information content (AvgIpc) is 3.65. The van der Waals surface area contributed by atoms with Gasteiger partial charge in [-0.3, -0.25) is 9.59 Å². The van der Waals surface area contributed by atoms with Gasteiger partial charge in [0.05, 0.1) is 36.4 Å². The van der Waals surface area contributed by atoms with Crippen LogP contribution in [0, 0.1) is 11.8 Å². The number of carbonyl (C=O) groups is 2. The standard InChI is InChI=1S/C33H52O11/c1-6-7-8-25-26-11-9-21(41-26)15-22-10-12-27(36)33(40,44-22)28(37)14-17(2)13-18(3)23(34)16-24(35)19(4)30-31(43-30)29(38)20(5)32(39)42-25/h13,18,20-22,24-31,35-38,40H,4,6-12,14-16H2,1-3,5H3/b17-13+. The molecule has 13 atom stereocenters. The Labute approximate surface area is 260 Å². The zero-order valence-corrected chi connectivity index (χ0v) is 26.5. The Hall–Kier alpha value is -1.70. The molecule has 0 aromatic heterocycles. The number of ether oxygens (including phenoxy) is 4. The summed E-state index contributed by atoms with van der Waals surface area (Å²) >= 11 is 0. The number of fused-ring (bicyclic) bond motifs is 5. The summed E-state index contributed by atoms with van der Waals surface area (Å²) in [6.45, 7) is 10.9. The predicted molar refractivity (Wildman–Crippen MR) is 159 cm³/mol. The van der Waals surface area contributed by atoms with Crippen molar-refractivity contribution in [3.63, 3.8) is 0 Å². The molecule has 11 heteroatoms. The van der Waals surface area contributed by atoms with Crippen LogP contribution in [-0.2, 0) is 28.5 Å². The molecule has 0 spiro atoms. The molecule has 0 aromatic carbocycles. The van der Waals surface area contributed by atoms with Crippen molar-refractivity contribution in [2.45, 2.75) is 159 Å². The van der Waals surface area contributed by atoms with Crippen molar-refractivity contribution >= 4 is 11.8 Å². The van der Waals surface area contributed by atoms with Gasteiger partial charge in [0.2, 0.25) is 5.79 Å². The number of aliphatic hydroxyl groups excluding tert-OH is 4. The van der Waals surface area contributed by atoms with E-state index in [1.165, 1.54) is 0 Å². The van der Waals surface area contributed by atoms with E-state index >= 15 is 0 Å². The number of hydrogen-bond donors (Lipinski definition) is 5. The number of cyclic esters (lactones) is 1. The van der Waals surface area contributed by atoms with Gasteiger partial charge in [0.15, 0.2) is 0 Å². The molecule has 3 saturated heterocycles. The van der Waals surface area contributed by atoms with E-state index < -0.39 is 72.4 Å². The molecule has 3 fully saturated rings. The normalized spacial score (nSPS) is 46.0. The number of rotatable bonds is 3. The summed E-state index contributed by atoms with van der Waals surface area (Å²) in [6, 6.07) is 0. The van der Waals surface area contributed by atoms with Gasteiger partial charge in [-0.25, -0.2) is 0 Å². The molecule has 0 saturated carbocycles. The van der Waals surface area contributed by atoms with Crippen LogP contribution < -0.4 is 0 Å². The van der Waals surface area contributed by atoms with Crippen LogP contribution in [0.2, 0.25) is 0 Å². The molecule has 0 radical (unpaired) electrons. The van der Waals surface area contributed by atoms with E-state index in [-0.39, 0.29) is 42.8 Å². The number of carbonyl (C=O) groups excluding carboxylic acids is 2.